The molecule has 3 aromatic rings. The van der Waals surface area contributed by atoms with Crippen LogP contribution in [0.4, 0.5) is 10.5 Å². The summed E-state index contributed by atoms with van der Waals surface area (Å²) in [5, 5.41) is 4.77. The predicted molar refractivity (Wildman–Crippen MR) is 118 cm³/mol. The number of rotatable bonds is 3. The van der Waals surface area contributed by atoms with Gasteiger partial charge in [0.1, 0.15) is 0 Å². The van der Waals surface area contributed by atoms with Crippen LogP contribution in [0.25, 0.3) is 0 Å². The second-order valence-corrected chi connectivity index (χ2v) is 6.95. The minimum atomic E-state index is -1.20. The number of para-hydroxylation sites is 1. The molecule has 1 heterocycles. The maximum Gasteiger partial charge on any atom is 0.323 e. The molecule has 7 heteroatoms. The smallest absolute Gasteiger partial charge is 0.311 e. The van der Waals surface area contributed by atoms with Gasteiger partial charge in [0.15, 0.2) is 0 Å². The number of aliphatic imine (C=N–C) groups is 1. The molecule has 0 saturated heterocycles. The van der Waals surface area contributed by atoms with E-state index in [0.717, 1.165) is 11.1 Å². The normalized spacial score (nSPS) is 15.4. The van der Waals surface area contributed by atoms with E-state index in [4.69, 9.17) is 0 Å². The van der Waals surface area contributed by atoms with Crippen molar-refractivity contribution < 1.29 is 14.4 Å². The first-order valence-electron chi connectivity index (χ1n) is 9.71. The third-order valence-corrected chi connectivity index (χ3v) is 4.92. The highest BCUT2D eigenvalue weighted by molar-refractivity contribution is 6.20. The molecule has 0 aromatic heterocycles. The summed E-state index contributed by atoms with van der Waals surface area (Å²) in [6, 6.07) is 24.4. The van der Waals surface area contributed by atoms with Crippen molar-refractivity contribution >= 4 is 29.2 Å². The highest BCUT2D eigenvalue weighted by atomic mass is 16.2. The Kier molecular flexibility index (Phi) is 5.57. The molecule has 0 fully saturated rings. The van der Waals surface area contributed by atoms with E-state index in [1.807, 2.05) is 54.6 Å². The number of amides is 4. The average molecular weight is 412 g/mol. The van der Waals surface area contributed by atoms with E-state index < -0.39 is 24.0 Å². The summed E-state index contributed by atoms with van der Waals surface area (Å²) in [5.74, 6) is -0.983. The number of carbonyl (C=O) groups is 3. The van der Waals surface area contributed by atoms with Crippen LogP contribution in [-0.2, 0) is 4.79 Å². The van der Waals surface area contributed by atoms with Crippen LogP contribution in [-0.4, -0.2) is 36.8 Å². The molecule has 0 spiro atoms. The molecule has 1 atom stereocenters. The fraction of sp³-hybridized carbons (Fsp3) is 0.0833. The second-order valence-electron chi connectivity index (χ2n) is 6.95. The van der Waals surface area contributed by atoms with Crippen molar-refractivity contribution in [2.45, 2.75) is 6.17 Å². The van der Waals surface area contributed by atoms with Gasteiger partial charge in [0.25, 0.3) is 11.8 Å². The van der Waals surface area contributed by atoms with Gasteiger partial charge in [0.05, 0.1) is 11.4 Å². The quantitative estimate of drug-likeness (QED) is 0.693. The predicted octanol–water partition coefficient (Wildman–Crippen LogP) is 2.97. The van der Waals surface area contributed by atoms with Crippen LogP contribution in [0, 0.1) is 0 Å². The molecule has 0 bridgehead atoms. The molecule has 1 unspecified atom stereocenters. The SMILES string of the molecule is CN1C(=O)C(NC(=O)NC(=O)c2ccccc2)N=C(c2ccccc2)c2ccccc21. The van der Waals surface area contributed by atoms with Gasteiger partial charge in [-0.15, -0.1) is 0 Å². The van der Waals surface area contributed by atoms with Gasteiger partial charge in [-0.3, -0.25) is 14.9 Å². The van der Waals surface area contributed by atoms with Gasteiger partial charge in [-0.2, -0.15) is 0 Å². The number of anilines is 1. The monoisotopic (exact) mass is 412 g/mol. The molecule has 7 nitrogen and oxygen atoms in total. The molecule has 4 rings (SSSR count). The molecule has 0 saturated carbocycles. The van der Waals surface area contributed by atoms with Crippen LogP contribution in [0.1, 0.15) is 21.5 Å². The van der Waals surface area contributed by atoms with E-state index in [2.05, 4.69) is 15.6 Å². The van der Waals surface area contributed by atoms with Crippen molar-refractivity contribution in [2.24, 2.45) is 4.99 Å². The maximum absolute atomic E-state index is 13.1. The number of benzodiazepines with no additional fused rings is 1. The van der Waals surface area contributed by atoms with Gasteiger partial charge >= 0.3 is 6.03 Å². The first kappa shape index (κ1) is 20.0. The van der Waals surface area contributed by atoms with Crippen molar-refractivity contribution in [3.05, 3.63) is 102 Å². The molecular weight excluding hydrogens is 392 g/mol. The third-order valence-electron chi connectivity index (χ3n) is 4.92. The molecule has 1 aliphatic heterocycles. The van der Waals surface area contributed by atoms with Gasteiger partial charge < -0.3 is 10.2 Å². The topological polar surface area (TPSA) is 90.9 Å². The lowest BCUT2D eigenvalue weighted by Crippen LogP contribution is -2.50. The van der Waals surface area contributed by atoms with Gasteiger partial charge in [0, 0.05) is 23.7 Å². The molecule has 154 valence electrons. The van der Waals surface area contributed by atoms with Gasteiger partial charge in [-0.05, 0) is 18.2 Å². The molecule has 0 radical (unpaired) electrons. The Labute approximate surface area is 179 Å². The first-order valence-corrected chi connectivity index (χ1v) is 9.71. The van der Waals surface area contributed by atoms with Gasteiger partial charge in [0.2, 0.25) is 6.17 Å². The van der Waals surface area contributed by atoms with E-state index in [9.17, 15) is 14.4 Å². The Bertz CT molecular complexity index is 1160. The van der Waals surface area contributed by atoms with Crippen LogP contribution in [0.5, 0.6) is 0 Å². The Hall–Kier alpha value is -4.26. The zero-order valence-corrected chi connectivity index (χ0v) is 16.8. The summed E-state index contributed by atoms with van der Waals surface area (Å²) in [7, 11) is 1.63. The fourth-order valence-corrected chi connectivity index (χ4v) is 3.37. The Morgan fingerprint density at radius 3 is 2.19 bits per heavy atom. The van der Waals surface area contributed by atoms with E-state index in [1.165, 1.54) is 4.90 Å². The molecule has 2 N–H and O–H groups in total. The standard InChI is InChI=1S/C24H20N4O3/c1-28-19-15-9-8-14-18(19)20(16-10-4-2-5-11-16)25-21(23(28)30)26-24(31)27-22(29)17-12-6-3-7-13-17/h2-15,21H,1H3,(H2,26,27,29,31). The number of urea groups is 1. The van der Waals surface area contributed by atoms with E-state index in [0.29, 0.717) is 17.0 Å². The Morgan fingerprint density at radius 2 is 1.48 bits per heavy atom. The summed E-state index contributed by atoms with van der Waals surface area (Å²) in [4.78, 5) is 43.9. The highest BCUT2D eigenvalue weighted by Crippen LogP contribution is 2.27. The minimum Gasteiger partial charge on any atom is -0.311 e. The van der Waals surface area contributed by atoms with Gasteiger partial charge in [-0.1, -0.05) is 66.7 Å². The van der Waals surface area contributed by atoms with Crippen molar-refractivity contribution in [3.63, 3.8) is 0 Å². The number of imide groups is 1. The number of benzene rings is 3. The zero-order valence-electron chi connectivity index (χ0n) is 16.8. The molecular formula is C24H20N4O3. The van der Waals surface area contributed by atoms with Crippen molar-refractivity contribution in [1.82, 2.24) is 10.6 Å². The van der Waals surface area contributed by atoms with E-state index >= 15 is 0 Å². The Morgan fingerprint density at radius 1 is 0.871 bits per heavy atom. The molecule has 4 amide bonds. The number of hydrogen-bond donors (Lipinski definition) is 2. The molecule has 0 aliphatic carbocycles. The number of fused-ring (bicyclic) bond motifs is 1. The highest BCUT2D eigenvalue weighted by Gasteiger charge is 2.31. The number of likely N-dealkylation sites (N-methyl/N-ethyl adjacent to an activating group) is 1. The van der Waals surface area contributed by atoms with Crippen LogP contribution in [0.15, 0.2) is 89.9 Å². The minimum absolute atomic E-state index is 0.336. The van der Waals surface area contributed by atoms with Crippen LogP contribution >= 0.6 is 0 Å². The van der Waals surface area contributed by atoms with Gasteiger partial charge in [-0.25, -0.2) is 9.79 Å². The van der Waals surface area contributed by atoms with Crippen LogP contribution in [0.3, 0.4) is 0 Å². The summed E-state index contributed by atoms with van der Waals surface area (Å²) in [6.07, 6.45) is -1.20. The number of nitrogens with zero attached hydrogens (tertiary/aromatic N) is 2. The summed E-state index contributed by atoms with van der Waals surface area (Å²) in [5.41, 5.74) is 3.18. The van der Waals surface area contributed by atoms with E-state index in [1.54, 1.807) is 37.4 Å². The zero-order chi connectivity index (χ0) is 21.8. The van der Waals surface area contributed by atoms with Crippen LogP contribution < -0.4 is 15.5 Å². The lowest BCUT2D eigenvalue weighted by Gasteiger charge is -2.20. The number of nitrogens with one attached hydrogen (secondary N) is 2. The van der Waals surface area contributed by atoms with Crippen LogP contribution in [0.2, 0.25) is 0 Å². The maximum atomic E-state index is 13.1. The third kappa shape index (κ3) is 4.20. The lowest BCUT2D eigenvalue weighted by molar-refractivity contribution is -0.119. The van der Waals surface area contributed by atoms with Crippen molar-refractivity contribution in [3.8, 4) is 0 Å². The fourth-order valence-electron chi connectivity index (χ4n) is 3.37. The molecule has 31 heavy (non-hydrogen) atoms. The van der Waals surface area contributed by atoms with Crippen molar-refractivity contribution in [2.75, 3.05) is 11.9 Å². The lowest BCUT2D eigenvalue weighted by atomic mass is 10.0. The Balaban J connectivity index is 1.65. The summed E-state index contributed by atoms with van der Waals surface area (Å²) >= 11 is 0. The first-order chi connectivity index (χ1) is 15.0. The van der Waals surface area contributed by atoms with Crippen molar-refractivity contribution in [1.29, 1.82) is 0 Å². The average Bonchev–Trinajstić information content (AvgIpc) is 2.91. The largest absolute Gasteiger partial charge is 0.323 e. The van der Waals surface area contributed by atoms with E-state index in [-0.39, 0.29) is 0 Å². The number of hydrogen-bond acceptors (Lipinski definition) is 4. The second kappa shape index (κ2) is 8.62. The summed E-state index contributed by atoms with van der Waals surface area (Å²) < 4.78 is 0. The summed E-state index contributed by atoms with van der Waals surface area (Å²) in [6.45, 7) is 0. The molecule has 3 aromatic carbocycles. The molecule has 1 aliphatic rings. The number of carbonyl (C=O) groups excluding carboxylic acids is 3.